The maximum absolute atomic E-state index is 13.9. The Labute approximate surface area is 171 Å². The zero-order chi connectivity index (χ0) is 21.8. The molecule has 150 valence electrons. The Kier molecular flexibility index (Phi) is 6.07. The van der Waals surface area contributed by atoms with Crippen LogP contribution >= 0.6 is 0 Å². The van der Waals surface area contributed by atoms with Crippen LogP contribution in [-0.4, -0.2) is 37.9 Å². The molecule has 2 aromatic carbocycles. The largest absolute Gasteiger partial charge is 0.467 e. The van der Waals surface area contributed by atoms with E-state index >= 15 is 0 Å². The predicted octanol–water partition coefficient (Wildman–Crippen LogP) is 1.16. The number of carbonyl (C=O) groups is 2. The molecule has 30 heavy (non-hydrogen) atoms. The highest BCUT2D eigenvalue weighted by Crippen LogP contribution is 2.19. The van der Waals surface area contributed by atoms with Gasteiger partial charge in [0, 0.05) is 18.0 Å². The van der Waals surface area contributed by atoms with Crippen LogP contribution in [0.5, 0.6) is 0 Å². The fourth-order valence-electron chi connectivity index (χ4n) is 3.16. The van der Waals surface area contributed by atoms with Gasteiger partial charge in [0.2, 0.25) is 0 Å². The van der Waals surface area contributed by atoms with Gasteiger partial charge in [-0.2, -0.15) is 5.26 Å². The van der Waals surface area contributed by atoms with Crippen LogP contribution in [-0.2, 0) is 16.0 Å². The lowest BCUT2D eigenvalue weighted by molar-refractivity contribution is -0.142. The van der Waals surface area contributed by atoms with Crippen molar-refractivity contribution in [2.75, 3.05) is 7.11 Å². The molecule has 6 nitrogen and oxygen atoms in total. The molecule has 0 spiro atoms. The first-order valence-corrected chi connectivity index (χ1v) is 8.96. The molecular formula is C21H16BF2N3O3. The van der Waals surface area contributed by atoms with E-state index in [1.165, 1.54) is 6.20 Å². The summed E-state index contributed by atoms with van der Waals surface area (Å²) in [6, 6.07) is 9.02. The first-order chi connectivity index (χ1) is 14.3. The van der Waals surface area contributed by atoms with Crippen molar-refractivity contribution < 1.29 is 23.1 Å². The lowest BCUT2D eigenvalue weighted by Gasteiger charge is -2.18. The van der Waals surface area contributed by atoms with Crippen molar-refractivity contribution in [1.29, 1.82) is 5.26 Å². The smallest absolute Gasteiger partial charge is 0.328 e. The molecule has 9 heteroatoms. The second-order valence-corrected chi connectivity index (χ2v) is 6.62. The summed E-state index contributed by atoms with van der Waals surface area (Å²) >= 11 is 0. The van der Waals surface area contributed by atoms with Gasteiger partial charge in [-0.25, -0.2) is 13.6 Å². The molecule has 1 N–H and O–H groups in total. The lowest BCUT2D eigenvalue weighted by Crippen LogP contribution is -2.43. The van der Waals surface area contributed by atoms with Crippen LogP contribution in [0.25, 0.3) is 10.9 Å². The first kappa shape index (κ1) is 20.9. The average molecular weight is 407 g/mol. The molecule has 3 rings (SSSR count). The van der Waals surface area contributed by atoms with Crippen molar-refractivity contribution in [2.24, 2.45) is 0 Å². The first-order valence-electron chi connectivity index (χ1n) is 8.96. The van der Waals surface area contributed by atoms with Crippen LogP contribution in [0.2, 0.25) is 0 Å². The SMILES string of the molecule is Bc1ccc(C[C@H](NC(=O)c2c(F)cccc2F)C(=O)OC)c2cc(C#N)cnc12. The van der Waals surface area contributed by atoms with Gasteiger partial charge in [-0.1, -0.05) is 23.7 Å². The second kappa shape index (κ2) is 8.70. The summed E-state index contributed by atoms with van der Waals surface area (Å²) in [5, 5.41) is 12.1. The van der Waals surface area contributed by atoms with Gasteiger partial charge in [-0.3, -0.25) is 9.78 Å². The Morgan fingerprint density at radius 2 is 1.97 bits per heavy atom. The number of esters is 1. The highest BCUT2D eigenvalue weighted by Gasteiger charge is 2.26. The van der Waals surface area contributed by atoms with E-state index < -0.39 is 35.1 Å². The van der Waals surface area contributed by atoms with Gasteiger partial charge >= 0.3 is 5.97 Å². The molecule has 1 aromatic heterocycles. The van der Waals surface area contributed by atoms with Gasteiger partial charge in [-0.05, 0) is 23.8 Å². The number of benzene rings is 2. The van der Waals surface area contributed by atoms with Crippen LogP contribution in [0.15, 0.2) is 42.6 Å². The summed E-state index contributed by atoms with van der Waals surface area (Å²) in [6.07, 6.45) is 1.42. The van der Waals surface area contributed by atoms with Crippen molar-refractivity contribution in [3.8, 4) is 6.07 Å². The molecule has 0 saturated heterocycles. The van der Waals surface area contributed by atoms with Crippen LogP contribution in [0, 0.1) is 23.0 Å². The third-order valence-corrected chi connectivity index (χ3v) is 4.68. The Balaban J connectivity index is 1.99. The third kappa shape index (κ3) is 4.13. The summed E-state index contributed by atoms with van der Waals surface area (Å²) in [5.41, 5.74) is 1.67. The van der Waals surface area contributed by atoms with Gasteiger partial charge in [0.05, 0.1) is 18.2 Å². The van der Waals surface area contributed by atoms with Gasteiger partial charge in [-0.15, -0.1) is 0 Å². The Morgan fingerprint density at radius 1 is 1.27 bits per heavy atom. The Hall–Kier alpha value is -3.80. The molecule has 3 aromatic rings. The lowest BCUT2D eigenvalue weighted by atomic mass is 9.89. The molecule has 0 aliphatic heterocycles. The number of nitrogens with zero attached hydrogens (tertiary/aromatic N) is 2. The van der Waals surface area contributed by atoms with Gasteiger partial charge in [0.1, 0.15) is 37.2 Å². The average Bonchev–Trinajstić information content (AvgIpc) is 2.74. The van der Waals surface area contributed by atoms with E-state index in [0.717, 1.165) is 30.8 Å². The number of carbonyl (C=O) groups excluding carboxylic acids is 2. The summed E-state index contributed by atoms with van der Waals surface area (Å²) < 4.78 is 32.6. The standard InChI is InChI=1S/C21H16BF2N3O3/c1-30-21(29)17(27-20(28)18-15(23)3-2-4-16(18)24)8-12-5-6-14(22)19-13(12)7-11(9-25)10-26-19/h2-7,10,17H,8,22H2,1H3,(H,27,28)/t17-/m0/s1. The Morgan fingerprint density at radius 3 is 2.60 bits per heavy atom. The van der Waals surface area contributed by atoms with Crippen molar-refractivity contribution in [1.82, 2.24) is 10.3 Å². The van der Waals surface area contributed by atoms with Crippen LogP contribution < -0.4 is 10.8 Å². The van der Waals surface area contributed by atoms with E-state index in [1.807, 2.05) is 13.9 Å². The number of rotatable bonds is 5. The van der Waals surface area contributed by atoms with Crippen molar-refractivity contribution >= 4 is 36.1 Å². The molecule has 0 fully saturated rings. The summed E-state index contributed by atoms with van der Waals surface area (Å²) in [6.45, 7) is 0. The summed E-state index contributed by atoms with van der Waals surface area (Å²) in [4.78, 5) is 29.0. The minimum absolute atomic E-state index is 0.0260. The fraction of sp³-hybridized carbons (Fsp3) is 0.143. The number of aromatic nitrogens is 1. The molecule has 0 aliphatic rings. The number of hydrogen-bond acceptors (Lipinski definition) is 5. The van der Waals surface area contributed by atoms with Crippen LogP contribution in [0.1, 0.15) is 21.5 Å². The second-order valence-electron chi connectivity index (χ2n) is 6.62. The van der Waals surface area contributed by atoms with Crippen LogP contribution in [0.4, 0.5) is 8.78 Å². The predicted molar refractivity (Wildman–Crippen MR) is 108 cm³/mol. The zero-order valence-electron chi connectivity index (χ0n) is 16.2. The maximum atomic E-state index is 13.9. The number of hydrogen-bond donors (Lipinski definition) is 1. The molecule has 1 atom stereocenters. The van der Waals surface area contributed by atoms with Gasteiger partial charge in [0.15, 0.2) is 0 Å². The van der Waals surface area contributed by atoms with Gasteiger partial charge in [0.25, 0.3) is 5.91 Å². The fourth-order valence-corrected chi connectivity index (χ4v) is 3.16. The monoisotopic (exact) mass is 407 g/mol. The number of methoxy groups -OCH3 is 1. The number of pyridine rings is 1. The van der Waals surface area contributed by atoms with E-state index in [-0.39, 0.29) is 6.42 Å². The number of nitriles is 1. The highest BCUT2D eigenvalue weighted by atomic mass is 19.1. The maximum Gasteiger partial charge on any atom is 0.328 e. The molecule has 0 bridgehead atoms. The van der Waals surface area contributed by atoms with E-state index in [4.69, 9.17) is 4.74 Å². The molecule has 1 heterocycles. The summed E-state index contributed by atoms with van der Waals surface area (Å²) in [7, 11) is 3.00. The topological polar surface area (TPSA) is 92.1 Å². The third-order valence-electron chi connectivity index (χ3n) is 4.68. The number of nitrogens with one attached hydrogen (secondary N) is 1. The van der Waals surface area contributed by atoms with E-state index in [9.17, 15) is 23.6 Å². The molecule has 0 radical (unpaired) electrons. The van der Waals surface area contributed by atoms with E-state index in [1.54, 1.807) is 18.2 Å². The minimum Gasteiger partial charge on any atom is -0.467 e. The molecule has 0 aliphatic carbocycles. The van der Waals surface area contributed by atoms with E-state index in [0.29, 0.717) is 22.0 Å². The molecule has 1 amide bonds. The van der Waals surface area contributed by atoms with Gasteiger partial charge < -0.3 is 10.1 Å². The number of fused-ring (bicyclic) bond motifs is 1. The highest BCUT2D eigenvalue weighted by molar-refractivity contribution is 6.38. The zero-order valence-corrected chi connectivity index (χ0v) is 16.2. The Bertz CT molecular complexity index is 1170. The summed E-state index contributed by atoms with van der Waals surface area (Å²) in [5.74, 6) is -3.94. The number of halogens is 2. The molecular weight excluding hydrogens is 391 g/mol. The number of amides is 1. The minimum atomic E-state index is -1.21. The molecule has 0 unspecified atom stereocenters. The quantitative estimate of drug-likeness (QED) is 0.506. The normalized spacial score (nSPS) is 11.5. The van der Waals surface area contributed by atoms with Crippen molar-refractivity contribution in [2.45, 2.75) is 12.5 Å². The molecule has 0 saturated carbocycles. The van der Waals surface area contributed by atoms with Crippen molar-refractivity contribution in [3.05, 3.63) is 70.9 Å². The van der Waals surface area contributed by atoms with Crippen molar-refractivity contribution in [3.63, 3.8) is 0 Å². The van der Waals surface area contributed by atoms with Crippen LogP contribution in [0.3, 0.4) is 0 Å². The van der Waals surface area contributed by atoms with E-state index in [2.05, 4.69) is 10.3 Å². The number of ether oxygens (including phenoxy) is 1.